The summed E-state index contributed by atoms with van der Waals surface area (Å²) < 4.78 is 5.42. The van der Waals surface area contributed by atoms with E-state index < -0.39 is 0 Å². The second kappa shape index (κ2) is 5.99. The number of aromatic amines is 1. The minimum absolute atomic E-state index is 0.297. The van der Waals surface area contributed by atoms with E-state index in [9.17, 15) is 0 Å². The molecule has 1 N–H and O–H groups in total. The summed E-state index contributed by atoms with van der Waals surface area (Å²) >= 11 is 0. The summed E-state index contributed by atoms with van der Waals surface area (Å²) in [6.45, 7) is 0. The number of aromatic nitrogens is 3. The molecule has 2 aromatic heterocycles. The SMILES string of the molecule is CN(c1ccc2[nH]nc(-c3cnco3)c2c1)[C@H]1CCc2cc(C#N)ccc21. The molecule has 0 unspecified atom stereocenters. The third-order valence-corrected chi connectivity index (χ3v) is 5.41. The number of fused-ring (bicyclic) bond motifs is 2. The number of nitrogens with zero attached hydrogens (tertiary/aromatic N) is 4. The van der Waals surface area contributed by atoms with Crippen molar-refractivity contribution in [1.29, 1.82) is 5.26 Å². The normalized spacial score (nSPS) is 15.6. The first-order valence-electron chi connectivity index (χ1n) is 8.87. The molecule has 1 atom stereocenters. The number of hydrogen-bond acceptors (Lipinski definition) is 5. The average molecular weight is 355 g/mol. The fourth-order valence-electron chi connectivity index (χ4n) is 3.99. The van der Waals surface area contributed by atoms with Gasteiger partial charge in [-0.3, -0.25) is 5.10 Å². The van der Waals surface area contributed by atoms with Crippen LogP contribution in [-0.4, -0.2) is 22.2 Å². The van der Waals surface area contributed by atoms with Gasteiger partial charge in [0, 0.05) is 18.1 Å². The van der Waals surface area contributed by atoms with Gasteiger partial charge in [0.1, 0.15) is 5.69 Å². The van der Waals surface area contributed by atoms with Crippen LogP contribution in [0.15, 0.2) is 53.4 Å². The Morgan fingerprint density at radius 1 is 1.26 bits per heavy atom. The van der Waals surface area contributed by atoms with Crippen molar-refractivity contribution in [3.63, 3.8) is 0 Å². The number of oxazole rings is 1. The molecule has 5 rings (SSSR count). The Morgan fingerprint density at radius 3 is 3.00 bits per heavy atom. The van der Waals surface area contributed by atoms with Crippen LogP contribution in [0.1, 0.15) is 29.2 Å². The van der Waals surface area contributed by atoms with Gasteiger partial charge in [-0.15, -0.1) is 0 Å². The van der Waals surface area contributed by atoms with Gasteiger partial charge in [-0.2, -0.15) is 10.4 Å². The standard InChI is InChI=1S/C21H17N5O/c1-26(19-7-3-14-8-13(10-22)2-5-16(14)19)15-4-6-18-17(9-15)21(25-24-18)20-11-23-12-27-20/h2,4-6,8-9,11-12,19H,3,7H2,1H3,(H,24,25)/t19-/m0/s1. The molecular formula is C21H17N5O. The number of nitrogens with one attached hydrogen (secondary N) is 1. The van der Waals surface area contributed by atoms with Gasteiger partial charge in [0.25, 0.3) is 0 Å². The first-order chi connectivity index (χ1) is 13.2. The van der Waals surface area contributed by atoms with Crippen molar-refractivity contribution in [3.05, 3.63) is 65.7 Å². The molecule has 2 heterocycles. The molecule has 0 saturated carbocycles. The third-order valence-electron chi connectivity index (χ3n) is 5.41. The van der Waals surface area contributed by atoms with E-state index in [1.54, 1.807) is 6.20 Å². The van der Waals surface area contributed by atoms with Gasteiger partial charge in [-0.05, 0) is 54.3 Å². The summed E-state index contributed by atoms with van der Waals surface area (Å²) in [5.41, 5.74) is 6.16. The minimum atomic E-state index is 0.297. The second-order valence-electron chi connectivity index (χ2n) is 6.86. The van der Waals surface area contributed by atoms with Crippen molar-refractivity contribution < 1.29 is 4.42 Å². The Bertz CT molecular complexity index is 1170. The summed E-state index contributed by atoms with van der Waals surface area (Å²) in [6.07, 6.45) is 5.12. The van der Waals surface area contributed by atoms with Crippen LogP contribution in [0.5, 0.6) is 0 Å². The monoisotopic (exact) mass is 355 g/mol. The summed E-state index contributed by atoms with van der Waals surface area (Å²) in [4.78, 5) is 6.29. The number of hydrogen-bond donors (Lipinski definition) is 1. The van der Waals surface area contributed by atoms with E-state index in [0.29, 0.717) is 11.8 Å². The highest BCUT2D eigenvalue weighted by Crippen LogP contribution is 2.39. The van der Waals surface area contributed by atoms with E-state index >= 15 is 0 Å². The molecule has 6 nitrogen and oxygen atoms in total. The van der Waals surface area contributed by atoms with Crippen LogP contribution in [0.4, 0.5) is 5.69 Å². The predicted octanol–water partition coefficient (Wildman–Crippen LogP) is 4.21. The molecule has 4 aromatic rings. The van der Waals surface area contributed by atoms with Crippen LogP contribution >= 0.6 is 0 Å². The molecule has 0 radical (unpaired) electrons. The zero-order valence-electron chi connectivity index (χ0n) is 14.8. The van der Waals surface area contributed by atoms with Crippen LogP contribution in [0.3, 0.4) is 0 Å². The van der Waals surface area contributed by atoms with Crippen LogP contribution in [0.25, 0.3) is 22.4 Å². The smallest absolute Gasteiger partial charge is 0.181 e. The summed E-state index contributed by atoms with van der Waals surface area (Å²) in [5.74, 6) is 0.649. The molecule has 0 aliphatic heterocycles. The lowest BCUT2D eigenvalue weighted by molar-refractivity contribution is 0.570. The predicted molar refractivity (Wildman–Crippen MR) is 102 cm³/mol. The molecule has 0 spiro atoms. The average Bonchev–Trinajstić information content (AvgIpc) is 3.44. The maximum atomic E-state index is 9.13. The number of benzene rings is 2. The number of rotatable bonds is 3. The Balaban J connectivity index is 1.53. The van der Waals surface area contributed by atoms with Gasteiger partial charge >= 0.3 is 0 Å². The van der Waals surface area contributed by atoms with Gasteiger partial charge in [0.15, 0.2) is 12.2 Å². The van der Waals surface area contributed by atoms with E-state index in [2.05, 4.69) is 51.4 Å². The number of H-pyrrole nitrogens is 1. The van der Waals surface area contributed by atoms with Crippen LogP contribution in [0.2, 0.25) is 0 Å². The molecule has 27 heavy (non-hydrogen) atoms. The van der Waals surface area contributed by atoms with Gasteiger partial charge < -0.3 is 9.32 Å². The zero-order chi connectivity index (χ0) is 18.4. The Labute approximate surface area is 156 Å². The van der Waals surface area contributed by atoms with E-state index in [1.165, 1.54) is 17.5 Å². The number of anilines is 1. The lowest BCUT2D eigenvalue weighted by atomic mass is 10.0. The molecule has 6 heteroatoms. The first kappa shape index (κ1) is 15.6. The van der Waals surface area contributed by atoms with Gasteiger partial charge in [-0.1, -0.05) is 6.07 Å². The summed E-state index contributed by atoms with van der Waals surface area (Å²) in [7, 11) is 2.12. The highest BCUT2D eigenvalue weighted by atomic mass is 16.3. The van der Waals surface area contributed by atoms with Gasteiger partial charge in [-0.25, -0.2) is 4.98 Å². The van der Waals surface area contributed by atoms with Crippen LogP contribution in [-0.2, 0) is 6.42 Å². The molecule has 0 amide bonds. The molecule has 1 aliphatic carbocycles. The van der Waals surface area contributed by atoms with Crippen molar-refractivity contribution in [2.75, 3.05) is 11.9 Å². The quantitative estimate of drug-likeness (QED) is 0.595. The maximum absolute atomic E-state index is 9.13. The van der Waals surface area contributed by atoms with Gasteiger partial charge in [0.2, 0.25) is 0 Å². The van der Waals surface area contributed by atoms with E-state index in [4.69, 9.17) is 9.68 Å². The topological polar surface area (TPSA) is 81.7 Å². The largest absolute Gasteiger partial charge is 0.442 e. The van der Waals surface area contributed by atoms with Crippen molar-refractivity contribution >= 4 is 16.6 Å². The molecule has 0 saturated heterocycles. The van der Waals surface area contributed by atoms with Crippen molar-refractivity contribution in [2.24, 2.45) is 0 Å². The summed E-state index contributed by atoms with van der Waals surface area (Å²) in [6, 6.07) is 14.8. The number of nitriles is 1. The van der Waals surface area contributed by atoms with Gasteiger partial charge in [0.05, 0.1) is 29.4 Å². The minimum Gasteiger partial charge on any atom is -0.442 e. The van der Waals surface area contributed by atoms with Crippen LogP contribution in [0, 0.1) is 11.3 Å². The molecule has 0 bridgehead atoms. The van der Waals surface area contributed by atoms with E-state index in [1.807, 2.05) is 18.2 Å². The Hall–Kier alpha value is -3.59. The van der Waals surface area contributed by atoms with Crippen molar-refractivity contribution in [1.82, 2.24) is 15.2 Å². The molecular weight excluding hydrogens is 338 g/mol. The first-order valence-corrected chi connectivity index (χ1v) is 8.87. The Kier molecular flexibility index (Phi) is 3.47. The zero-order valence-corrected chi connectivity index (χ0v) is 14.8. The molecule has 0 fully saturated rings. The number of aryl methyl sites for hydroxylation is 1. The fraction of sp³-hybridized carbons (Fsp3) is 0.190. The van der Waals surface area contributed by atoms with Crippen molar-refractivity contribution in [3.8, 4) is 17.5 Å². The van der Waals surface area contributed by atoms with E-state index in [0.717, 1.165) is 40.7 Å². The highest BCUT2D eigenvalue weighted by Gasteiger charge is 2.27. The molecule has 1 aliphatic rings. The van der Waals surface area contributed by atoms with Crippen LogP contribution < -0.4 is 4.90 Å². The maximum Gasteiger partial charge on any atom is 0.181 e. The highest BCUT2D eigenvalue weighted by molar-refractivity contribution is 5.93. The third kappa shape index (κ3) is 2.48. The lowest BCUT2D eigenvalue weighted by Gasteiger charge is -2.27. The van der Waals surface area contributed by atoms with Crippen molar-refractivity contribution in [2.45, 2.75) is 18.9 Å². The summed E-state index contributed by atoms with van der Waals surface area (Å²) in [5, 5.41) is 17.6. The fourth-order valence-corrected chi connectivity index (χ4v) is 3.99. The lowest BCUT2D eigenvalue weighted by Crippen LogP contribution is -2.22. The Morgan fingerprint density at radius 2 is 2.19 bits per heavy atom. The molecule has 2 aromatic carbocycles. The van der Waals surface area contributed by atoms with E-state index in [-0.39, 0.29) is 0 Å². The second-order valence-corrected chi connectivity index (χ2v) is 6.86. The molecule has 132 valence electrons.